The Kier molecular flexibility index (Phi) is 7.14. The molecular formula is C24H26N10O2. The number of fused-ring (bicyclic) bond motifs is 1. The Balaban J connectivity index is 1.57. The minimum absolute atomic E-state index is 0.146. The van der Waals surface area contributed by atoms with Crippen LogP contribution in [0.5, 0.6) is 11.6 Å². The van der Waals surface area contributed by atoms with Gasteiger partial charge >= 0.3 is 0 Å². The molecule has 12 heteroatoms. The summed E-state index contributed by atoms with van der Waals surface area (Å²) in [6, 6.07) is 7.12. The minimum atomic E-state index is -0.205. The first-order valence-electron chi connectivity index (χ1n) is 11.1. The van der Waals surface area contributed by atoms with Crippen molar-refractivity contribution in [3.05, 3.63) is 65.1 Å². The molecule has 0 spiro atoms. The van der Waals surface area contributed by atoms with Crippen molar-refractivity contribution >= 4 is 29.1 Å². The molecule has 0 saturated heterocycles. The second-order valence-electron chi connectivity index (χ2n) is 8.05. The van der Waals surface area contributed by atoms with Gasteiger partial charge in [0.15, 0.2) is 5.65 Å². The number of ether oxygens (including phenoxy) is 1. The van der Waals surface area contributed by atoms with E-state index in [0.717, 1.165) is 11.6 Å². The lowest BCUT2D eigenvalue weighted by atomic mass is 10.2. The van der Waals surface area contributed by atoms with E-state index in [1.165, 1.54) is 17.0 Å². The summed E-state index contributed by atoms with van der Waals surface area (Å²) in [6.45, 7) is 3.96. The SMILES string of the molecule is CN/C=C(\C=N)Nc1nccc(Oc2cnc3nc(-c4cnc(NC(C)C)n(C)c4=O)ccc3c2)n1. The number of nitrogens with one attached hydrogen (secondary N) is 4. The molecule has 0 unspecified atom stereocenters. The molecule has 0 aliphatic heterocycles. The highest BCUT2D eigenvalue weighted by Gasteiger charge is 2.13. The third-order valence-electron chi connectivity index (χ3n) is 4.94. The van der Waals surface area contributed by atoms with Crippen LogP contribution in [0.25, 0.3) is 22.3 Å². The zero-order valence-electron chi connectivity index (χ0n) is 20.3. The van der Waals surface area contributed by atoms with E-state index in [1.807, 2.05) is 19.9 Å². The summed E-state index contributed by atoms with van der Waals surface area (Å²) in [7, 11) is 3.40. The summed E-state index contributed by atoms with van der Waals surface area (Å²) in [5.74, 6) is 1.54. The van der Waals surface area contributed by atoms with Crippen LogP contribution in [0, 0.1) is 5.41 Å². The number of allylic oxidation sites excluding steroid dienone is 1. The molecule has 0 atom stereocenters. The van der Waals surface area contributed by atoms with Crippen LogP contribution in [0.1, 0.15) is 13.8 Å². The summed E-state index contributed by atoms with van der Waals surface area (Å²) in [5, 5.41) is 17.1. The van der Waals surface area contributed by atoms with Crippen LogP contribution in [0.4, 0.5) is 11.9 Å². The number of pyridine rings is 2. The molecule has 0 aliphatic carbocycles. The van der Waals surface area contributed by atoms with E-state index in [0.29, 0.717) is 40.2 Å². The maximum absolute atomic E-state index is 12.9. The van der Waals surface area contributed by atoms with Crippen molar-refractivity contribution in [1.82, 2.24) is 34.8 Å². The van der Waals surface area contributed by atoms with Crippen molar-refractivity contribution in [3.63, 3.8) is 0 Å². The van der Waals surface area contributed by atoms with Gasteiger partial charge in [0.1, 0.15) is 5.75 Å². The Hall–Kier alpha value is -4.87. The first-order valence-corrected chi connectivity index (χ1v) is 11.1. The van der Waals surface area contributed by atoms with E-state index in [9.17, 15) is 4.79 Å². The zero-order valence-corrected chi connectivity index (χ0v) is 20.3. The van der Waals surface area contributed by atoms with Gasteiger partial charge in [0.05, 0.1) is 23.2 Å². The summed E-state index contributed by atoms with van der Waals surface area (Å²) in [6.07, 6.45) is 7.36. The fourth-order valence-corrected chi connectivity index (χ4v) is 3.29. The number of hydrogen-bond donors (Lipinski definition) is 4. The van der Waals surface area contributed by atoms with Crippen molar-refractivity contribution in [3.8, 4) is 22.9 Å². The quantitative estimate of drug-likeness (QED) is 0.259. The van der Waals surface area contributed by atoms with Gasteiger partial charge in [0.2, 0.25) is 17.8 Å². The smallest absolute Gasteiger partial charge is 0.264 e. The molecule has 0 aromatic carbocycles. The lowest BCUT2D eigenvalue weighted by molar-refractivity contribution is 0.461. The molecule has 0 fully saturated rings. The molecule has 12 nitrogen and oxygen atoms in total. The monoisotopic (exact) mass is 486 g/mol. The van der Waals surface area contributed by atoms with Crippen LogP contribution in [-0.2, 0) is 7.05 Å². The molecule has 4 N–H and O–H groups in total. The lowest BCUT2D eigenvalue weighted by Gasteiger charge is -2.13. The van der Waals surface area contributed by atoms with Crippen molar-refractivity contribution < 1.29 is 4.74 Å². The molecule has 4 heterocycles. The van der Waals surface area contributed by atoms with E-state index in [2.05, 4.69) is 40.9 Å². The van der Waals surface area contributed by atoms with Crippen molar-refractivity contribution in [2.45, 2.75) is 19.9 Å². The highest BCUT2D eigenvalue weighted by molar-refractivity contribution is 5.80. The summed E-state index contributed by atoms with van der Waals surface area (Å²) >= 11 is 0. The number of rotatable bonds is 9. The molecule has 0 amide bonds. The van der Waals surface area contributed by atoms with Crippen LogP contribution < -0.4 is 26.2 Å². The summed E-state index contributed by atoms with van der Waals surface area (Å²) < 4.78 is 7.32. The van der Waals surface area contributed by atoms with E-state index in [4.69, 9.17) is 10.1 Å². The van der Waals surface area contributed by atoms with E-state index in [1.54, 1.807) is 44.7 Å². The number of anilines is 2. The van der Waals surface area contributed by atoms with E-state index < -0.39 is 0 Å². The number of hydrogen-bond acceptors (Lipinski definition) is 11. The molecule has 4 aromatic heterocycles. The average Bonchev–Trinajstić information content (AvgIpc) is 2.86. The molecule has 4 aromatic rings. The van der Waals surface area contributed by atoms with Crippen molar-refractivity contribution in [2.24, 2.45) is 7.05 Å². The second-order valence-corrected chi connectivity index (χ2v) is 8.05. The maximum atomic E-state index is 12.9. The Morgan fingerprint density at radius 1 is 1.14 bits per heavy atom. The molecule has 0 bridgehead atoms. The fourth-order valence-electron chi connectivity index (χ4n) is 3.29. The molecule has 0 radical (unpaired) electrons. The third kappa shape index (κ3) is 5.43. The summed E-state index contributed by atoms with van der Waals surface area (Å²) in [4.78, 5) is 34.6. The van der Waals surface area contributed by atoms with Crippen LogP contribution in [0.2, 0.25) is 0 Å². The highest BCUT2D eigenvalue weighted by atomic mass is 16.5. The molecule has 184 valence electrons. The van der Waals surface area contributed by atoms with Gasteiger partial charge in [0.25, 0.3) is 5.56 Å². The lowest BCUT2D eigenvalue weighted by Crippen LogP contribution is -2.25. The van der Waals surface area contributed by atoms with Gasteiger partial charge < -0.3 is 26.1 Å². The largest absolute Gasteiger partial charge is 0.437 e. The normalized spacial score (nSPS) is 11.4. The van der Waals surface area contributed by atoms with Crippen LogP contribution in [0.15, 0.2) is 59.5 Å². The van der Waals surface area contributed by atoms with E-state index >= 15 is 0 Å². The second kappa shape index (κ2) is 10.6. The average molecular weight is 487 g/mol. The Labute approximate surface area is 207 Å². The van der Waals surface area contributed by atoms with Crippen LogP contribution >= 0.6 is 0 Å². The first kappa shape index (κ1) is 24.3. The standard InChI is InChI=1S/C24H26N10O2/c1-14(2)30-24-29-13-18(22(35)34(24)4)19-6-5-15-9-17(12-28-21(15)32-19)36-20-7-8-27-23(33-20)31-16(10-25)11-26-3/h5-14,25-26H,1-4H3,(H,29,30)(H,27,31,33)/b16-11+,25-10?. The van der Waals surface area contributed by atoms with Gasteiger partial charge in [-0.2, -0.15) is 4.98 Å². The topological polar surface area (TPSA) is 156 Å². The zero-order chi connectivity index (χ0) is 25.7. The predicted octanol–water partition coefficient (Wildman–Crippen LogP) is 2.92. The van der Waals surface area contributed by atoms with Gasteiger partial charge in [0, 0.05) is 56.4 Å². The Bertz CT molecular complexity index is 1500. The van der Waals surface area contributed by atoms with Crippen LogP contribution in [0.3, 0.4) is 0 Å². The van der Waals surface area contributed by atoms with Crippen LogP contribution in [-0.4, -0.2) is 48.8 Å². The minimum Gasteiger partial charge on any atom is -0.437 e. The first-order chi connectivity index (χ1) is 17.4. The van der Waals surface area contributed by atoms with E-state index in [-0.39, 0.29) is 17.5 Å². The molecule has 0 saturated carbocycles. The van der Waals surface area contributed by atoms with Gasteiger partial charge in [-0.3, -0.25) is 9.36 Å². The number of aromatic nitrogens is 6. The maximum Gasteiger partial charge on any atom is 0.264 e. The highest BCUT2D eigenvalue weighted by Crippen LogP contribution is 2.24. The summed E-state index contributed by atoms with van der Waals surface area (Å²) in [5.41, 5.74) is 1.61. The Morgan fingerprint density at radius 2 is 1.97 bits per heavy atom. The van der Waals surface area contributed by atoms with Gasteiger partial charge in [-0.25, -0.2) is 19.9 Å². The molecule has 36 heavy (non-hydrogen) atoms. The van der Waals surface area contributed by atoms with Gasteiger partial charge in [-0.1, -0.05) is 0 Å². The number of nitrogens with zero attached hydrogens (tertiary/aromatic N) is 6. The Morgan fingerprint density at radius 3 is 2.72 bits per heavy atom. The molecule has 0 aliphatic rings. The van der Waals surface area contributed by atoms with Crippen molar-refractivity contribution in [1.29, 1.82) is 5.41 Å². The predicted molar refractivity (Wildman–Crippen MR) is 138 cm³/mol. The fraction of sp³-hybridized carbons (Fsp3) is 0.208. The van der Waals surface area contributed by atoms with Crippen molar-refractivity contribution in [2.75, 3.05) is 17.7 Å². The third-order valence-corrected chi connectivity index (χ3v) is 4.94. The molecule has 4 rings (SSSR count). The molecular weight excluding hydrogens is 460 g/mol. The van der Waals surface area contributed by atoms with Gasteiger partial charge in [-0.15, -0.1) is 0 Å². The van der Waals surface area contributed by atoms with Gasteiger partial charge in [-0.05, 0) is 32.0 Å².